The lowest BCUT2D eigenvalue weighted by Gasteiger charge is -2.20. The number of hydrogen-bond donors (Lipinski definition) is 3. The molecule has 1 fully saturated rings. The molecule has 0 spiro atoms. The zero-order chi connectivity index (χ0) is 24.9. The summed E-state index contributed by atoms with van der Waals surface area (Å²) in [4.78, 5) is 12.6. The molecule has 8 heteroatoms. The van der Waals surface area contributed by atoms with Gasteiger partial charge in [-0.3, -0.25) is 0 Å². The van der Waals surface area contributed by atoms with E-state index in [0.717, 1.165) is 16.7 Å². The van der Waals surface area contributed by atoms with Crippen molar-refractivity contribution < 1.29 is 39.1 Å². The molecular formula is C27H26O8. The second-order valence-corrected chi connectivity index (χ2v) is 8.07. The van der Waals surface area contributed by atoms with Crippen molar-refractivity contribution in [3.63, 3.8) is 0 Å². The van der Waals surface area contributed by atoms with E-state index in [4.69, 9.17) is 18.9 Å². The van der Waals surface area contributed by atoms with E-state index in [1.54, 1.807) is 30.3 Å². The number of benzene rings is 3. The quantitative estimate of drug-likeness (QED) is 0.427. The van der Waals surface area contributed by atoms with Gasteiger partial charge in [-0.15, -0.1) is 0 Å². The van der Waals surface area contributed by atoms with E-state index in [1.165, 1.54) is 44.6 Å². The number of aromatic hydroxyl groups is 3. The van der Waals surface area contributed by atoms with Gasteiger partial charge in [-0.05, 0) is 65.2 Å². The lowest BCUT2D eigenvalue weighted by atomic mass is 9.91. The molecule has 1 saturated heterocycles. The summed E-state index contributed by atoms with van der Waals surface area (Å²) in [6.45, 7) is 0.326. The van der Waals surface area contributed by atoms with Crippen LogP contribution in [0.1, 0.15) is 27.6 Å². The Labute approximate surface area is 202 Å². The van der Waals surface area contributed by atoms with Crippen LogP contribution < -0.4 is 9.47 Å². The molecule has 0 aliphatic carbocycles. The number of hydrogen-bond acceptors (Lipinski definition) is 8. The number of ether oxygens (including phenoxy) is 4. The number of phenols is 3. The van der Waals surface area contributed by atoms with Gasteiger partial charge >= 0.3 is 5.97 Å². The fraction of sp³-hybridized carbons (Fsp3) is 0.222. The average Bonchev–Trinajstić information content (AvgIpc) is 3.26. The molecule has 0 aromatic heterocycles. The van der Waals surface area contributed by atoms with E-state index in [2.05, 4.69) is 0 Å². The first kappa shape index (κ1) is 24.0. The highest BCUT2D eigenvalue weighted by molar-refractivity contribution is 5.89. The summed E-state index contributed by atoms with van der Waals surface area (Å²) in [6.07, 6.45) is 1.46. The van der Waals surface area contributed by atoms with Gasteiger partial charge in [-0.25, -0.2) is 4.79 Å². The molecule has 3 N–H and O–H groups in total. The van der Waals surface area contributed by atoms with Crippen LogP contribution in [0.5, 0.6) is 28.7 Å². The normalized spacial score (nSPS) is 18.4. The Hall–Kier alpha value is -4.17. The summed E-state index contributed by atoms with van der Waals surface area (Å²) in [5.41, 5.74) is 2.75. The van der Waals surface area contributed by atoms with E-state index < -0.39 is 12.1 Å². The lowest BCUT2D eigenvalue weighted by molar-refractivity contribution is 0.0315. The van der Waals surface area contributed by atoms with E-state index in [-0.39, 0.29) is 29.8 Å². The standard InChI is InChI=1S/C27H26O8/c1-32-24-12-16(3-9-22(24)29)11-19-14-34-26(18-6-10-23(30)25(13-18)33-2)21(19)15-35-27(31)17-4-7-20(28)8-5-17/h3-13,21,26,28-30H,14-15H2,1-2H3. The molecule has 2 unspecified atom stereocenters. The molecule has 3 aromatic carbocycles. The van der Waals surface area contributed by atoms with Crippen LogP contribution in [0, 0.1) is 5.92 Å². The van der Waals surface area contributed by atoms with Gasteiger partial charge in [-0.1, -0.05) is 18.2 Å². The summed E-state index contributed by atoms with van der Waals surface area (Å²) in [5, 5.41) is 29.4. The minimum absolute atomic E-state index is 0.0107. The minimum atomic E-state index is -0.524. The topological polar surface area (TPSA) is 115 Å². The zero-order valence-corrected chi connectivity index (χ0v) is 19.3. The van der Waals surface area contributed by atoms with Crippen molar-refractivity contribution in [2.24, 2.45) is 5.92 Å². The van der Waals surface area contributed by atoms with Crippen LogP contribution in [0.25, 0.3) is 6.08 Å². The number of esters is 1. The molecule has 8 nitrogen and oxygen atoms in total. The number of rotatable bonds is 7. The molecule has 4 rings (SSSR count). The van der Waals surface area contributed by atoms with E-state index in [1.807, 2.05) is 6.08 Å². The third-order valence-electron chi connectivity index (χ3n) is 5.86. The fourth-order valence-electron chi connectivity index (χ4n) is 3.99. The average molecular weight is 478 g/mol. The number of carbonyl (C=O) groups is 1. The molecule has 0 bridgehead atoms. The first-order valence-corrected chi connectivity index (χ1v) is 10.9. The first-order valence-electron chi connectivity index (χ1n) is 10.9. The third-order valence-corrected chi connectivity index (χ3v) is 5.86. The van der Waals surface area contributed by atoms with Crippen LogP contribution in [0.4, 0.5) is 0 Å². The van der Waals surface area contributed by atoms with Crippen molar-refractivity contribution in [1.82, 2.24) is 0 Å². The summed E-state index contributed by atoms with van der Waals surface area (Å²) in [7, 11) is 2.94. The second kappa shape index (κ2) is 10.4. The highest BCUT2D eigenvalue weighted by atomic mass is 16.5. The Morgan fingerprint density at radius 1 is 0.943 bits per heavy atom. The molecule has 35 heavy (non-hydrogen) atoms. The van der Waals surface area contributed by atoms with Gasteiger partial charge in [0.1, 0.15) is 12.4 Å². The predicted octanol–water partition coefficient (Wildman–Crippen LogP) is 4.45. The largest absolute Gasteiger partial charge is 0.508 e. The minimum Gasteiger partial charge on any atom is -0.508 e. The molecule has 3 aromatic rings. The molecule has 0 amide bonds. The van der Waals surface area contributed by atoms with Crippen molar-refractivity contribution in [3.05, 3.63) is 82.9 Å². The van der Waals surface area contributed by atoms with Gasteiger partial charge in [0, 0.05) is 5.92 Å². The van der Waals surface area contributed by atoms with Gasteiger partial charge < -0.3 is 34.3 Å². The van der Waals surface area contributed by atoms with Crippen LogP contribution in [0.15, 0.2) is 66.2 Å². The van der Waals surface area contributed by atoms with Crippen molar-refractivity contribution in [2.45, 2.75) is 6.10 Å². The molecule has 1 aliphatic rings. The maximum absolute atomic E-state index is 12.6. The predicted molar refractivity (Wildman–Crippen MR) is 128 cm³/mol. The van der Waals surface area contributed by atoms with Crippen molar-refractivity contribution in [3.8, 4) is 28.7 Å². The van der Waals surface area contributed by atoms with E-state index >= 15 is 0 Å². The van der Waals surface area contributed by atoms with Gasteiger partial charge in [0.25, 0.3) is 0 Å². The third kappa shape index (κ3) is 5.33. The Morgan fingerprint density at radius 3 is 2.29 bits per heavy atom. The van der Waals surface area contributed by atoms with Crippen LogP contribution in [0.2, 0.25) is 0 Å². The van der Waals surface area contributed by atoms with Crippen molar-refractivity contribution in [1.29, 1.82) is 0 Å². The maximum atomic E-state index is 12.6. The van der Waals surface area contributed by atoms with Crippen LogP contribution in [-0.2, 0) is 9.47 Å². The molecule has 182 valence electrons. The maximum Gasteiger partial charge on any atom is 0.338 e. The van der Waals surface area contributed by atoms with Crippen molar-refractivity contribution in [2.75, 3.05) is 27.4 Å². The molecule has 0 radical (unpaired) electrons. The van der Waals surface area contributed by atoms with Gasteiger partial charge in [-0.2, -0.15) is 0 Å². The summed E-state index contributed by atoms with van der Waals surface area (Å²) in [6, 6.07) is 15.8. The lowest BCUT2D eigenvalue weighted by Crippen LogP contribution is -2.19. The molecule has 1 aliphatic heterocycles. The Kier molecular flexibility index (Phi) is 7.12. The number of carbonyl (C=O) groups excluding carboxylic acids is 1. The highest BCUT2D eigenvalue weighted by Gasteiger charge is 2.35. The first-order chi connectivity index (χ1) is 16.9. The van der Waals surface area contributed by atoms with Crippen LogP contribution in [-0.4, -0.2) is 48.7 Å². The van der Waals surface area contributed by atoms with Crippen molar-refractivity contribution >= 4 is 12.0 Å². The van der Waals surface area contributed by atoms with E-state index in [9.17, 15) is 20.1 Å². The Balaban J connectivity index is 1.64. The van der Waals surface area contributed by atoms with Gasteiger partial charge in [0.15, 0.2) is 23.0 Å². The molecular weight excluding hydrogens is 452 g/mol. The molecule has 0 saturated carbocycles. The zero-order valence-electron chi connectivity index (χ0n) is 19.3. The van der Waals surface area contributed by atoms with Crippen LogP contribution >= 0.6 is 0 Å². The highest BCUT2D eigenvalue weighted by Crippen LogP contribution is 2.42. The monoisotopic (exact) mass is 478 g/mol. The number of methoxy groups -OCH3 is 2. The number of phenolic OH excluding ortho intramolecular Hbond substituents is 3. The van der Waals surface area contributed by atoms with Crippen LogP contribution in [0.3, 0.4) is 0 Å². The smallest absolute Gasteiger partial charge is 0.338 e. The molecule has 1 heterocycles. The summed E-state index contributed by atoms with van der Waals surface area (Å²) >= 11 is 0. The van der Waals surface area contributed by atoms with Gasteiger partial charge in [0.05, 0.1) is 32.5 Å². The molecule has 2 atom stereocenters. The Bertz CT molecular complexity index is 1230. The second-order valence-electron chi connectivity index (χ2n) is 8.07. The van der Waals surface area contributed by atoms with Gasteiger partial charge in [0.2, 0.25) is 0 Å². The van der Waals surface area contributed by atoms with E-state index in [0.29, 0.717) is 23.7 Å². The Morgan fingerprint density at radius 2 is 1.60 bits per heavy atom. The summed E-state index contributed by atoms with van der Waals surface area (Å²) < 4.78 is 22.2. The summed E-state index contributed by atoms with van der Waals surface area (Å²) in [5.74, 6) is -0.0985. The fourth-order valence-corrected chi connectivity index (χ4v) is 3.99. The SMILES string of the molecule is COc1cc(C=C2COC(c3ccc(O)c(OC)c3)C2COC(=O)c2ccc(O)cc2)ccc1O.